The first-order valence-electron chi connectivity index (χ1n) is 12.1. The van der Waals surface area contributed by atoms with Gasteiger partial charge in [-0.25, -0.2) is 19.1 Å². The smallest absolute Gasteiger partial charge is 0.382 e. The summed E-state index contributed by atoms with van der Waals surface area (Å²) in [4.78, 5) is 31.2. The van der Waals surface area contributed by atoms with E-state index >= 15 is 0 Å². The molecule has 2 aromatic carbocycles. The van der Waals surface area contributed by atoms with E-state index in [1.807, 2.05) is 17.5 Å². The van der Waals surface area contributed by atoms with Gasteiger partial charge in [0.25, 0.3) is 5.91 Å². The number of nitrogens with one attached hydrogen (secondary N) is 1. The Hall–Kier alpha value is -4.27. The van der Waals surface area contributed by atoms with Crippen molar-refractivity contribution in [1.29, 1.82) is 0 Å². The highest BCUT2D eigenvalue weighted by Crippen LogP contribution is 2.24. The van der Waals surface area contributed by atoms with Crippen molar-refractivity contribution in [2.75, 3.05) is 0 Å². The van der Waals surface area contributed by atoms with E-state index in [9.17, 15) is 27.9 Å². The molecule has 15 heteroatoms. The fraction of sp³-hybridized carbons (Fsp3) is 0.192. The molecule has 0 spiro atoms. The molecule has 1 unspecified atom stereocenters. The van der Waals surface area contributed by atoms with Gasteiger partial charge in [0, 0.05) is 15.5 Å². The molecule has 3 aromatic heterocycles. The number of benzene rings is 2. The van der Waals surface area contributed by atoms with Gasteiger partial charge in [-0.05, 0) is 47.8 Å². The van der Waals surface area contributed by atoms with Crippen molar-refractivity contribution in [3.8, 4) is 17.1 Å². The zero-order valence-electron chi connectivity index (χ0n) is 21.0. The Kier molecular flexibility index (Phi) is 8.06. The lowest BCUT2D eigenvalue weighted by Gasteiger charge is -2.15. The minimum atomic E-state index is -4.94. The first-order chi connectivity index (χ1) is 19.6. The predicted octanol–water partition coefficient (Wildman–Crippen LogP) is 3.91. The number of aromatic nitrogens is 6. The topological polar surface area (TPSA) is 120 Å². The summed E-state index contributed by atoms with van der Waals surface area (Å²) >= 11 is 7.44. The first kappa shape index (κ1) is 28.3. The van der Waals surface area contributed by atoms with Crippen molar-refractivity contribution in [3.05, 3.63) is 104 Å². The highest BCUT2D eigenvalue weighted by atomic mass is 35.5. The van der Waals surface area contributed by atoms with Gasteiger partial charge in [-0.15, -0.1) is 21.5 Å². The van der Waals surface area contributed by atoms with Gasteiger partial charge in [0.2, 0.25) is 0 Å². The number of alkyl halides is 3. The molecule has 0 saturated heterocycles. The number of carbonyl (C=O) groups excluding carboxylic acids is 1. The van der Waals surface area contributed by atoms with Gasteiger partial charge in [0.1, 0.15) is 12.9 Å². The molecule has 0 radical (unpaired) electrons. The number of nitrogens with zero attached hydrogens (tertiary/aromatic N) is 6. The maximum absolute atomic E-state index is 13.1. The number of amides is 1. The third kappa shape index (κ3) is 6.39. The quantitative estimate of drug-likeness (QED) is 0.264. The molecule has 5 rings (SSSR count). The van der Waals surface area contributed by atoms with Gasteiger partial charge in [0.05, 0.1) is 24.3 Å². The molecule has 212 valence electrons. The monoisotopic (exact) mass is 603 g/mol. The number of aliphatic hydroxyl groups is 1. The molecule has 0 fully saturated rings. The molecule has 1 amide bonds. The van der Waals surface area contributed by atoms with Crippen LogP contribution in [0.1, 0.15) is 21.1 Å². The number of aliphatic hydroxyl groups excluding tert-OH is 1. The molecule has 5 aromatic rings. The zero-order chi connectivity index (χ0) is 29.1. The molecule has 10 nitrogen and oxygen atoms in total. The minimum absolute atomic E-state index is 0.0952. The standard InChI is InChI=1S/C26H21ClF3N7O3S/c27-17-9-7-16(8-10-17)23-34-36(25(40)35(23)13-21(38)26(28,29)30)14-22-32-15-37(33-22)20-6-2-1-5-19(20)24(39)31-12-18-4-3-11-41-18/h1-11,15,21,38H,12-14H2,(H,31,39). The van der Waals surface area contributed by atoms with Crippen LogP contribution in [0.2, 0.25) is 5.02 Å². The zero-order valence-corrected chi connectivity index (χ0v) is 22.6. The fourth-order valence-electron chi connectivity index (χ4n) is 3.96. The molecule has 41 heavy (non-hydrogen) atoms. The largest absolute Gasteiger partial charge is 0.416 e. The van der Waals surface area contributed by atoms with Gasteiger partial charge in [-0.3, -0.25) is 9.36 Å². The van der Waals surface area contributed by atoms with Gasteiger partial charge >= 0.3 is 11.9 Å². The maximum Gasteiger partial charge on any atom is 0.416 e. The second kappa shape index (κ2) is 11.7. The van der Waals surface area contributed by atoms with Crippen LogP contribution in [0.5, 0.6) is 0 Å². The van der Waals surface area contributed by atoms with E-state index in [1.165, 1.54) is 46.6 Å². The summed E-state index contributed by atoms with van der Waals surface area (Å²) < 4.78 is 42.4. The van der Waals surface area contributed by atoms with E-state index in [4.69, 9.17) is 11.6 Å². The van der Waals surface area contributed by atoms with Crippen molar-refractivity contribution in [3.63, 3.8) is 0 Å². The number of hydrogen-bond donors (Lipinski definition) is 2. The van der Waals surface area contributed by atoms with Crippen LogP contribution in [-0.2, 0) is 19.6 Å². The summed E-state index contributed by atoms with van der Waals surface area (Å²) in [6.07, 6.45) is -6.37. The van der Waals surface area contributed by atoms with E-state index in [2.05, 4.69) is 20.5 Å². The van der Waals surface area contributed by atoms with Crippen molar-refractivity contribution >= 4 is 28.8 Å². The Bertz CT molecular complexity index is 1710. The normalized spacial score (nSPS) is 12.4. The molecule has 3 heterocycles. The number of carbonyl (C=O) groups is 1. The second-order valence-electron chi connectivity index (χ2n) is 8.82. The third-order valence-electron chi connectivity index (χ3n) is 5.99. The highest BCUT2D eigenvalue weighted by Gasteiger charge is 2.39. The van der Waals surface area contributed by atoms with E-state index in [0.29, 0.717) is 28.4 Å². The number of thiophene rings is 1. The Morgan fingerprint density at radius 1 is 1.07 bits per heavy atom. The molecule has 0 bridgehead atoms. The Balaban J connectivity index is 1.42. The Labute approximate surface area is 239 Å². The van der Waals surface area contributed by atoms with Gasteiger partial charge in [0.15, 0.2) is 17.8 Å². The first-order valence-corrected chi connectivity index (χ1v) is 13.3. The number of para-hydroxylation sites is 1. The van der Waals surface area contributed by atoms with Crippen LogP contribution >= 0.6 is 22.9 Å². The van der Waals surface area contributed by atoms with E-state index in [0.717, 1.165) is 14.1 Å². The molecule has 1 atom stereocenters. The van der Waals surface area contributed by atoms with Crippen molar-refractivity contribution in [2.24, 2.45) is 0 Å². The predicted molar refractivity (Wildman–Crippen MR) is 145 cm³/mol. The van der Waals surface area contributed by atoms with Crippen molar-refractivity contribution in [1.82, 2.24) is 34.4 Å². The van der Waals surface area contributed by atoms with Crippen LogP contribution < -0.4 is 11.0 Å². The summed E-state index contributed by atoms with van der Waals surface area (Å²) in [7, 11) is 0. The Morgan fingerprint density at radius 2 is 1.83 bits per heavy atom. The van der Waals surface area contributed by atoms with Crippen LogP contribution in [-0.4, -0.2) is 52.4 Å². The molecule has 0 aliphatic heterocycles. The Morgan fingerprint density at radius 3 is 2.54 bits per heavy atom. The highest BCUT2D eigenvalue weighted by molar-refractivity contribution is 7.09. The fourth-order valence-corrected chi connectivity index (χ4v) is 4.73. The van der Waals surface area contributed by atoms with E-state index in [1.54, 1.807) is 24.3 Å². The van der Waals surface area contributed by atoms with Crippen LogP contribution in [0.4, 0.5) is 13.2 Å². The molecule has 0 aliphatic carbocycles. The molecule has 0 saturated carbocycles. The summed E-state index contributed by atoms with van der Waals surface area (Å²) in [6, 6.07) is 16.5. The van der Waals surface area contributed by atoms with Crippen LogP contribution in [0.25, 0.3) is 17.1 Å². The summed E-state index contributed by atoms with van der Waals surface area (Å²) in [5.41, 5.74) is 0.194. The van der Waals surface area contributed by atoms with E-state index < -0.39 is 24.5 Å². The average molecular weight is 604 g/mol. The average Bonchev–Trinajstić information content (AvgIpc) is 3.70. The van der Waals surface area contributed by atoms with E-state index in [-0.39, 0.29) is 24.1 Å². The third-order valence-corrected chi connectivity index (χ3v) is 7.12. The lowest BCUT2D eigenvalue weighted by Crippen LogP contribution is -2.37. The number of rotatable bonds is 9. The number of halogens is 4. The van der Waals surface area contributed by atoms with Crippen LogP contribution in [0.3, 0.4) is 0 Å². The van der Waals surface area contributed by atoms with Crippen molar-refractivity contribution in [2.45, 2.75) is 31.9 Å². The van der Waals surface area contributed by atoms with Gasteiger partial charge < -0.3 is 10.4 Å². The minimum Gasteiger partial charge on any atom is -0.382 e. The second-order valence-corrected chi connectivity index (χ2v) is 10.3. The lowest BCUT2D eigenvalue weighted by molar-refractivity contribution is -0.207. The molecule has 2 N–H and O–H groups in total. The SMILES string of the molecule is O=C(NCc1cccs1)c1ccccc1-n1cnc(Cn2nc(-c3ccc(Cl)cc3)n(CC(O)C(F)(F)F)c2=O)n1. The molecular weight excluding hydrogens is 583 g/mol. The van der Waals surface area contributed by atoms with Gasteiger partial charge in [-0.2, -0.15) is 13.2 Å². The lowest BCUT2D eigenvalue weighted by atomic mass is 10.1. The number of hydrogen-bond acceptors (Lipinski definition) is 7. The van der Waals surface area contributed by atoms with Crippen LogP contribution in [0, 0.1) is 0 Å². The maximum atomic E-state index is 13.1. The molecule has 0 aliphatic rings. The van der Waals surface area contributed by atoms with Gasteiger partial charge in [-0.1, -0.05) is 29.8 Å². The summed E-state index contributed by atoms with van der Waals surface area (Å²) in [5.74, 6) is -0.302. The summed E-state index contributed by atoms with van der Waals surface area (Å²) in [6.45, 7) is -0.984. The summed E-state index contributed by atoms with van der Waals surface area (Å²) in [5, 5.41) is 23.4. The van der Waals surface area contributed by atoms with Crippen molar-refractivity contribution < 1.29 is 23.1 Å². The molecular formula is C26H21ClF3N7O3S. The van der Waals surface area contributed by atoms with Crippen LogP contribution in [0.15, 0.2) is 77.2 Å².